The van der Waals surface area contributed by atoms with E-state index in [2.05, 4.69) is 64.4 Å². The number of nitrogens with zero attached hydrogens (tertiary/aromatic N) is 4. The van der Waals surface area contributed by atoms with Gasteiger partial charge in [-0.3, -0.25) is 19.9 Å². The van der Waals surface area contributed by atoms with E-state index in [4.69, 9.17) is 0 Å². The number of carbonyl (C=O) groups excluding carboxylic acids is 1. The summed E-state index contributed by atoms with van der Waals surface area (Å²) >= 11 is 1.66. The molecule has 194 valence electrons. The summed E-state index contributed by atoms with van der Waals surface area (Å²) in [5, 5.41) is 16.8. The highest BCUT2D eigenvalue weighted by Crippen LogP contribution is 2.34. The lowest BCUT2D eigenvalue weighted by Crippen LogP contribution is -2.18. The maximum absolute atomic E-state index is 12.7. The second-order valence-electron chi connectivity index (χ2n) is 10.2. The summed E-state index contributed by atoms with van der Waals surface area (Å²) in [6.07, 6.45) is 13.7. The molecule has 3 N–H and O–H groups in total. The van der Waals surface area contributed by atoms with E-state index in [1.165, 1.54) is 19.3 Å². The summed E-state index contributed by atoms with van der Waals surface area (Å²) < 4.78 is 0. The van der Waals surface area contributed by atoms with Crippen molar-refractivity contribution in [3.8, 4) is 33.8 Å². The van der Waals surface area contributed by atoms with Gasteiger partial charge >= 0.3 is 0 Å². The largest absolute Gasteiger partial charge is 0.353 e. The first-order valence-corrected chi connectivity index (χ1v) is 14.3. The second kappa shape index (κ2) is 10.1. The monoisotopic (exact) mass is 533 g/mol. The molecule has 8 nitrogen and oxygen atoms in total. The van der Waals surface area contributed by atoms with Gasteiger partial charge in [-0.25, -0.2) is 4.98 Å². The van der Waals surface area contributed by atoms with Gasteiger partial charge in [0, 0.05) is 63.4 Å². The first-order valence-electron chi connectivity index (χ1n) is 13.3. The molecule has 9 heteroatoms. The molecule has 1 saturated carbocycles. The van der Waals surface area contributed by atoms with E-state index in [1.807, 2.05) is 18.3 Å². The Kier molecular flexibility index (Phi) is 6.13. The molecule has 39 heavy (non-hydrogen) atoms. The molecule has 0 radical (unpaired) electrons. The molecule has 0 atom stereocenters. The summed E-state index contributed by atoms with van der Waals surface area (Å²) in [6, 6.07) is 10.2. The molecular weight excluding hydrogens is 506 g/mol. The van der Waals surface area contributed by atoms with Gasteiger partial charge < -0.3 is 10.3 Å². The number of H-pyrrole nitrogens is 2. The van der Waals surface area contributed by atoms with Crippen LogP contribution in [0.5, 0.6) is 0 Å². The molecule has 1 aliphatic carbocycles. The standard InChI is InChI=1S/C30H27N7OS/c38-27(10-18-4-2-1-3-5-18)34-22-11-20(14-31-16-22)21-12-24-29(36-37-30(24)33-15-21)26-13-23-25(35-26)6-8-32-28(23)19-7-9-39-17-19/h6-9,11-18,35H,1-5,10H2,(H,34,38)(H,33,36,37). The molecule has 1 fully saturated rings. The highest BCUT2D eigenvalue weighted by Gasteiger charge is 2.18. The number of nitrogens with one attached hydrogen (secondary N) is 3. The van der Waals surface area contributed by atoms with Gasteiger partial charge in [-0.2, -0.15) is 16.4 Å². The Hall–Kier alpha value is -4.37. The number of carbonyl (C=O) groups is 1. The number of hydrogen-bond donors (Lipinski definition) is 3. The Morgan fingerprint density at radius 3 is 2.72 bits per heavy atom. The molecule has 6 aromatic heterocycles. The van der Waals surface area contributed by atoms with E-state index >= 15 is 0 Å². The fourth-order valence-corrected chi connectivity index (χ4v) is 6.25. The van der Waals surface area contributed by atoms with Crippen molar-refractivity contribution in [3.63, 3.8) is 0 Å². The smallest absolute Gasteiger partial charge is 0.224 e. The zero-order valence-corrected chi connectivity index (χ0v) is 22.1. The van der Waals surface area contributed by atoms with Gasteiger partial charge in [-0.1, -0.05) is 19.3 Å². The maximum Gasteiger partial charge on any atom is 0.224 e. The Morgan fingerprint density at radius 2 is 1.85 bits per heavy atom. The van der Waals surface area contributed by atoms with Crippen molar-refractivity contribution in [2.45, 2.75) is 38.5 Å². The van der Waals surface area contributed by atoms with E-state index < -0.39 is 0 Å². The molecule has 0 saturated heterocycles. The van der Waals surface area contributed by atoms with Crippen LogP contribution in [-0.4, -0.2) is 36.0 Å². The number of rotatable bonds is 6. The van der Waals surface area contributed by atoms with Crippen molar-refractivity contribution in [1.82, 2.24) is 30.1 Å². The van der Waals surface area contributed by atoms with Crippen LogP contribution < -0.4 is 5.32 Å². The van der Waals surface area contributed by atoms with Gasteiger partial charge in [0.2, 0.25) is 5.91 Å². The van der Waals surface area contributed by atoms with Crippen LogP contribution in [0.2, 0.25) is 0 Å². The van der Waals surface area contributed by atoms with E-state index in [0.29, 0.717) is 23.7 Å². The molecule has 0 spiro atoms. The number of amides is 1. The third kappa shape index (κ3) is 4.70. The van der Waals surface area contributed by atoms with Crippen molar-refractivity contribution in [1.29, 1.82) is 0 Å². The maximum atomic E-state index is 12.7. The van der Waals surface area contributed by atoms with Gasteiger partial charge in [-0.05, 0) is 54.5 Å². The molecule has 0 bridgehead atoms. The van der Waals surface area contributed by atoms with Gasteiger partial charge in [0.1, 0.15) is 5.69 Å². The normalized spacial score (nSPS) is 14.3. The fraction of sp³-hybridized carbons (Fsp3) is 0.233. The average molecular weight is 534 g/mol. The molecule has 6 aromatic rings. The van der Waals surface area contributed by atoms with Crippen LogP contribution in [0, 0.1) is 5.92 Å². The third-order valence-corrected chi connectivity index (χ3v) is 8.25. The Morgan fingerprint density at radius 1 is 0.949 bits per heavy atom. The van der Waals surface area contributed by atoms with E-state index in [1.54, 1.807) is 29.9 Å². The van der Waals surface area contributed by atoms with Crippen molar-refractivity contribution < 1.29 is 4.79 Å². The average Bonchev–Trinajstić information content (AvgIpc) is 3.73. The highest BCUT2D eigenvalue weighted by molar-refractivity contribution is 7.08. The number of fused-ring (bicyclic) bond motifs is 2. The van der Waals surface area contributed by atoms with Gasteiger partial charge in [0.15, 0.2) is 5.65 Å². The zero-order chi connectivity index (χ0) is 26.2. The molecule has 0 aromatic carbocycles. The minimum absolute atomic E-state index is 0.0571. The van der Waals surface area contributed by atoms with Crippen LogP contribution in [0.25, 0.3) is 55.7 Å². The number of aromatic amines is 2. The molecule has 0 aliphatic heterocycles. The first-order chi connectivity index (χ1) is 19.2. The lowest BCUT2D eigenvalue weighted by atomic mass is 9.87. The number of thiophene rings is 1. The number of anilines is 1. The van der Waals surface area contributed by atoms with Crippen LogP contribution in [0.15, 0.2) is 65.9 Å². The minimum atomic E-state index is 0.0571. The van der Waals surface area contributed by atoms with Gasteiger partial charge in [0.25, 0.3) is 0 Å². The predicted molar refractivity (Wildman–Crippen MR) is 155 cm³/mol. The van der Waals surface area contributed by atoms with Crippen molar-refractivity contribution in [2.75, 3.05) is 5.32 Å². The molecule has 1 amide bonds. The van der Waals surface area contributed by atoms with Crippen molar-refractivity contribution in [2.24, 2.45) is 5.92 Å². The number of aromatic nitrogens is 6. The Bertz CT molecular complexity index is 1780. The summed E-state index contributed by atoms with van der Waals surface area (Å²) in [5.41, 5.74) is 7.91. The van der Waals surface area contributed by atoms with Gasteiger partial charge in [-0.15, -0.1) is 0 Å². The third-order valence-electron chi connectivity index (χ3n) is 7.57. The second-order valence-corrected chi connectivity index (χ2v) is 11.0. The SMILES string of the molecule is O=C(CC1CCCCC1)Nc1cncc(-c2cnc3[nH]nc(-c4cc5c(-c6ccsc6)nccc5[nH]4)c3c2)c1. The summed E-state index contributed by atoms with van der Waals surface area (Å²) in [5.74, 6) is 0.546. The zero-order valence-electron chi connectivity index (χ0n) is 21.3. The summed E-state index contributed by atoms with van der Waals surface area (Å²) in [4.78, 5) is 29.8. The van der Waals surface area contributed by atoms with Crippen molar-refractivity contribution >= 4 is 44.9 Å². The molecule has 1 aliphatic rings. The topological polar surface area (TPSA) is 112 Å². The quantitative estimate of drug-likeness (QED) is 0.210. The fourth-order valence-electron chi connectivity index (χ4n) is 5.61. The van der Waals surface area contributed by atoms with Crippen LogP contribution in [0.1, 0.15) is 38.5 Å². The Balaban J connectivity index is 1.19. The first kappa shape index (κ1) is 23.7. The number of pyridine rings is 3. The van der Waals surface area contributed by atoms with E-state index in [-0.39, 0.29) is 5.91 Å². The minimum Gasteiger partial charge on any atom is -0.353 e. The lowest BCUT2D eigenvalue weighted by molar-refractivity contribution is -0.117. The van der Waals surface area contributed by atoms with Crippen molar-refractivity contribution in [3.05, 3.63) is 65.9 Å². The summed E-state index contributed by atoms with van der Waals surface area (Å²) in [7, 11) is 0. The Labute approximate surface area is 228 Å². The molecular formula is C30H27N7OS. The molecule has 0 unspecified atom stereocenters. The van der Waals surface area contributed by atoms with Crippen LogP contribution >= 0.6 is 11.3 Å². The summed E-state index contributed by atoms with van der Waals surface area (Å²) in [6.45, 7) is 0. The molecule has 6 heterocycles. The van der Waals surface area contributed by atoms with E-state index in [0.717, 1.165) is 62.9 Å². The van der Waals surface area contributed by atoms with Crippen LogP contribution in [0.3, 0.4) is 0 Å². The highest BCUT2D eigenvalue weighted by atomic mass is 32.1. The van der Waals surface area contributed by atoms with Crippen LogP contribution in [0.4, 0.5) is 5.69 Å². The lowest BCUT2D eigenvalue weighted by Gasteiger charge is -2.20. The van der Waals surface area contributed by atoms with Crippen LogP contribution in [-0.2, 0) is 4.79 Å². The molecule has 7 rings (SSSR count). The van der Waals surface area contributed by atoms with Gasteiger partial charge in [0.05, 0.1) is 23.3 Å². The number of hydrogen-bond acceptors (Lipinski definition) is 6. The predicted octanol–water partition coefficient (Wildman–Crippen LogP) is 7.20. The van der Waals surface area contributed by atoms with E-state index in [9.17, 15) is 4.79 Å².